The number of aromatic nitrogens is 2. The summed E-state index contributed by atoms with van der Waals surface area (Å²) in [6.07, 6.45) is 1.13. The first-order valence-corrected chi connectivity index (χ1v) is 9.74. The molecular formula is C14H15BrF4N3O3P. The van der Waals surface area contributed by atoms with Crippen LogP contribution in [0.25, 0.3) is 10.9 Å². The van der Waals surface area contributed by atoms with E-state index in [2.05, 4.69) is 31.2 Å². The van der Waals surface area contributed by atoms with Gasteiger partial charge < -0.3 is 15.1 Å². The molecule has 26 heavy (non-hydrogen) atoms. The van der Waals surface area contributed by atoms with Gasteiger partial charge in [0.05, 0.1) is 5.52 Å². The van der Waals surface area contributed by atoms with Crippen molar-refractivity contribution < 1.29 is 31.9 Å². The number of alkyl halides is 4. The molecule has 1 heterocycles. The zero-order chi connectivity index (χ0) is 19.8. The molecule has 0 radical (unpaired) electrons. The van der Waals surface area contributed by atoms with Crippen LogP contribution in [0.4, 0.5) is 23.5 Å². The van der Waals surface area contributed by atoms with E-state index in [-0.39, 0.29) is 35.3 Å². The van der Waals surface area contributed by atoms with Gasteiger partial charge in [-0.3, -0.25) is 4.57 Å². The molecule has 0 amide bonds. The predicted octanol–water partition coefficient (Wildman–Crippen LogP) is 4.47. The van der Waals surface area contributed by atoms with E-state index in [4.69, 9.17) is 9.79 Å². The van der Waals surface area contributed by atoms with Gasteiger partial charge in [0.15, 0.2) is 0 Å². The Labute approximate surface area is 154 Å². The van der Waals surface area contributed by atoms with Gasteiger partial charge in [0.25, 0.3) is 0 Å². The molecule has 3 N–H and O–H groups in total. The van der Waals surface area contributed by atoms with E-state index in [1.165, 1.54) is 12.3 Å². The third-order valence-corrected chi connectivity index (χ3v) is 5.06. The number of benzene rings is 1. The molecule has 1 aromatic heterocycles. The van der Waals surface area contributed by atoms with Gasteiger partial charge in [0.1, 0.15) is 0 Å². The van der Waals surface area contributed by atoms with E-state index >= 15 is 0 Å². The van der Waals surface area contributed by atoms with Gasteiger partial charge >= 0.3 is 13.3 Å². The lowest BCUT2D eigenvalue weighted by Crippen LogP contribution is -2.15. The Morgan fingerprint density at radius 1 is 1.27 bits per heavy atom. The van der Waals surface area contributed by atoms with Crippen LogP contribution >= 0.6 is 23.5 Å². The van der Waals surface area contributed by atoms with Crippen molar-refractivity contribution in [3.05, 3.63) is 28.4 Å². The zero-order valence-electron chi connectivity index (χ0n) is 13.4. The highest BCUT2D eigenvalue weighted by Crippen LogP contribution is 2.60. The van der Waals surface area contributed by atoms with Gasteiger partial charge in [0, 0.05) is 34.6 Å². The summed E-state index contributed by atoms with van der Waals surface area (Å²) in [5, 5.41) is 3.06. The van der Waals surface area contributed by atoms with Crippen LogP contribution in [0.2, 0.25) is 0 Å². The molecule has 0 fully saturated rings. The molecule has 1 aromatic carbocycles. The van der Waals surface area contributed by atoms with E-state index in [1.54, 1.807) is 0 Å². The summed E-state index contributed by atoms with van der Waals surface area (Å²) >= 11 is 2.87. The average Bonchev–Trinajstić information content (AvgIpc) is 2.49. The van der Waals surface area contributed by atoms with Crippen LogP contribution < -0.4 is 5.32 Å². The number of halogens is 5. The second-order valence-electron chi connectivity index (χ2n) is 5.77. The molecule has 0 aliphatic rings. The van der Waals surface area contributed by atoms with E-state index in [9.17, 15) is 22.1 Å². The summed E-state index contributed by atoms with van der Waals surface area (Å²) in [5.41, 5.74) is -5.28. The van der Waals surface area contributed by atoms with Crippen LogP contribution in [-0.2, 0) is 10.2 Å². The Morgan fingerprint density at radius 3 is 2.50 bits per heavy atom. The van der Waals surface area contributed by atoms with Crippen LogP contribution in [0.1, 0.15) is 25.3 Å². The standard InChI is InChI=1S/C14H15BrF4N3O3P/c1-13(16,17)3-2-4-20-12-21-7-8-5-10(15)9(6-11(8)22-12)14(18,19)26(23,24)25/h5-7H,2-4H2,1H3,(H,20,21,22)(H2,23,24,25). The molecule has 0 aliphatic carbocycles. The van der Waals surface area contributed by atoms with Crippen LogP contribution in [0.3, 0.4) is 0 Å². The second-order valence-corrected chi connectivity index (χ2v) is 8.27. The minimum Gasteiger partial charge on any atom is -0.354 e. The number of rotatable bonds is 7. The SMILES string of the molecule is CC(F)(F)CCCNc1ncc2cc(Br)c(C(F)(F)P(=O)(O)O)cc2n1. The second kappa shape index (κ2) is 7.38. The summed E-state index contributed by atoms with van der Waals surface area (Å²) < 4.78 is 64.4. The Kier molecular flexibility index (Phi) is 5.96. The van der Waals surface area contributed by atoms with Crippen LogP contribution in [-0.4, -0.2) is 32.2 Å². The molecule has 0 bridgehead atoms. The first-order valence-electron chi connectivity index (χ1n) is 7.33. The van der Waals surface area contributed by atoms with Gasteiger partial charge in [-0.25, -0.2) is 18.7 Å². The summed E-state index contributed by atoms with van der Waals surface area (Å²) in [7, 11) is -5.74. The molecule has 0 unspecified atom stereocenters. The predicted molar refractivity (Wildman–Crippen MR) is 91.5 cm³/mol. The normalized spacial score (nSPS) is 13.2. The molecule has 0 saturated heterocycles. The summed E-state index contributed by atoms with van der Waals surface area (Å²) in [6.45, 7) is 0.955. The smallest absolute Gasteiger partial charge is 0.354 e. The Balaban J connectivity index is 2.28. The molecule has 0 atom stereocenters. The number of anilines is 1. The summed E-state index contributed by atoms with van der Waals surface area (Å²) in [6, 6.07) is 2.07. The van der Waals surface area contributed by atoms with Crippen molar-refractivity contribution in [2.24, 2.45) is 0 Å². The van der Waals surface area contributed by atoms with Crippen LogP contribution in [0.5, 0.6) is 0 Å². The number of fused-ring (bicyclic) bond motifs is 1. The maximum absolute atomic E-state index is 14.0. The maximum atomic E-state index is 14.0. The van der Waals surface area contributed by atoms with Crippen molar-refractivity contribution in [1.29, 1.82) is 0 Å². The fourth-order valence-corrected chi connectivity index (χ4v) is 3.38. The molecule has 12 heteroatoms. The van der Waals surface area contributed by atoms with Gasteiger partial charge in [-0.05, 0) is 25.5 Å². The van der Waals surface area contributed by atoms with E-state index in [0.29, 0.717) is 5.39 Å². The molecule has 0 saturated carbocycles. The van der Waals surface area contributed by atoms with Gasteiger partial charge in [0.2, 0.25) is 11.9 Å². The highest BCUT2D eigenvalue weighted by molar-refractivity contribution is 9.10. The molecule has 6 nitrogen and oxygen atoms in total. The van der Waals surface area contributed by atoms with Crippen LogP contribution in [0, 0.1) is 0 Å². The van der Waals surface area contributed by atoms with Gasteiger partial charge in [-0.15, -0.1) is 0 Å². The minimum absolute atomic E-state index is 0.0228. The van der Waals surface area contributed by atoms with E-state index < -0.39 is 24.7 Å². The molecule has 0 spiro atoms. The first-order chi connectivity index (χ1) is 11.8. The lowest BCUT2D eigenvalue weighted by Gasteiger charge is -2.19. The molecular weight excluding hydrogens is 445 g/mol. The molecule has 2 rings (SSSR count). The maximum Gasteiger partial charge on any atom is 0.399 e. The first kappa shape index (κ1) is 21.0. The van der Waals surface area contributed by atoms with Crippen molar-refractivity contribution >= 4 is 40.4 Å². The molecule has 144 valence electrons. The third kappa shape index (κ3) is 4.91. The lowest BCUT2D eigenvalue weighted by atomic mass is 10.1. The number of hydrogen-bond acceptors (Lipinski definition) is 4. The number of nitrogens with zero attached hydrogens (tertiary/aromatic N) is 2. The summed E-state index contributed by atoms with van der Waals surface area (Å²) in [4.78, 5) is 25.7. The molecule has 2 aromatic rings. The van der Waals surface area contributed by atoms with Crippen molar-refractivity contribution in [2.45, 2.75) is 31.4 Å². The van der Waals surface area contributed by atoms with Crippen LogP contribution in [0.15, 0.2) is 22.8 Å². The third-order valence-electron chi connectivity index (χ3n) is 3.43. The number of nitrogens with one attached hydrogen (secondary N) is 1. The fourth-order valence-electron chi connectivity index (χ4n) is 2.12. The monoisotopic (exact) mass is 459 g/mol. The van der Waals surface area contributed by atoms with Crippen molar-refractivity contribution in [1.82, 2.24) is 9.97 Å². The highest BCUT2D eigenvalue weighted by atomic mass is 79.9. The fraction of sp³-hybridized carbons (Fsp3) is 0.429. The van der Waals surface area contributed by atoms with Gasteiger partial charge in [-0.1, -0.05) is 15.9 Å². The Hall–Kier alpha value is -1.29. The van der Waals surface area contributed by atoms with E-state index in [0.717, 1.165) is 13.0 Å². The largest absolute Gasteiger partial charge is 0.399 e. The topological polar surface area (TPSA) is 95.3 Å². The zero-order valence-corrected chi connectivity index (χ0v) is 15.9. The van der Waals surface area contributed by atoms with Crippen molar-refractivity contribution in [2.75, 3.05) is 11.9 Å². The molecule has 0 aliphatic heterocycles. The highest BCUT2D eigenvalue weighted by Gasteiger charge is 2.51. The Morgan fingerprint density at radius 2 is 1.92 bits per heavy atom. The van der Waals surface area contributed by atoms with Crippen molar-refractivity contribution in [3.63, 3.8) is 0 Å². The Bertz CT molecular complexity index is 857. The lowest BCUT2D eigenvalue weighted by molar-refractivity contribution is 0.0119. The van der Waals surface area contributed by atoms with Crippen molar-refractivity contribution in [3.8, 4) is 0 Å². The average molecular weight is 460 g/mol. The van der Waals surface area contributed by atoms with E-state index in [1.807, 2.05) is 0 Å². The number of hydrogen-bond donors (Lipinski definition) is 3. The van der Waals surface area contributed by atoms with Gasteiger partial charge in [-0.2, -0.15) is 8.78 Å². The minimum atomic E-state index is -5.74. The quantitative estimate of drug-likeness (QED) is 0.321. The summed E-state index contributed by atoms with van der Waals surface area (Å²) in [5.74, 6) is -2.76.